The van der Waals surface area contributed by atoms with Crippen molar-refractivity contribution in [2.24, 2.45) is 5.41 Å². The fraction of sp³-hybridized carbons (Fsp3) is 0.438. The van der Waals surface area contributed by atoms with Gasteiger partial charge in [0.15, 0.2) is 0 Å². The van der Waals surface area contributed by atoms with E-state index in [1.54, 1.807) is 31.3 Å². The van der Waals surface area contributed by atoms with Crippen LogP contribution in [0.25, 0.3) is 0 Å². The zero-order chi connectivity index (χ0) is 15.5. The molecule has 1 aliphatic carbocycles. The summed E-state index contributed by atoms with van der Waals surface area (Å²) in [7, 11) is 1.59. The minimum atomic E-state index is -0.938. The monoisotopic (exact) mass is 286 g/mol. The van der Waals surface area contributed by atoms with E-state index in [0.717, 1.165) is 12.8 Å². The molecular formula is C16H18N2O3. The molecule has 0 atom stereocenters. The summed E-state index contributed by atoms with van der Waals surface area (Å²) >= 11 is 0. The molecule has 0 aliphatic heterocycles. The first-order chi connectivity index (χ1) is 10.00. The van der Waals surface area contributed by atoms with Crippen LogP contribution in [0.5, 0.6) is 0 Å². The lowest BCUT2D eigenvalue weighted by Gasteiger charge is -2.26. The third-order valence-corrected chi connectivity index (χ3v) is 4.26. The SMILES string of the molecule is CN(C(=O)CC1(C(=O)O)CCCC1)c1ccccc1C#N. The average molecular weight is 286 g/mol. The molecule has 0 unspecified atom stereocenters. The van der Waals surface area contributed by atoms with Crippen LogP contribution in [0.15, 0.2) is 24.3 Å². The number of para-hydroxylation sites is 1. The van der Waals surface area contributed by atoms with Crippen molar-refractivity contribution in [3.63, 3.8) is 0 Å². The first kappa shape index (κ1) is 15.0. The third kappa shape index (κ3) is 2.89. The summed E-state index contributed by atoms with van der Waals surface area (Å²) in [5.41, 5.74) is -0.0138. The van der Waals surface area contributed by atoms with E-state index in [-0.39, 0.29) is 12.3 Å². The molecule has 21 heavy (non-hydrogen) atoms. The highest BCUT2D eigenvalue weighted by atomic mass is 16.4. The Morgan fingerprint density at radius 3 is 2.52 bits per heavy atom. The summed E-state index contributed by atoms with van der Waals surface area (Å²) in [5.74, 6) is -1.16. The number of nitriles is 1. The molecule has 1 aromatic carbocycles. The highest BCUT2D eigenvalue weighted by Crippen LogP contribution is 2.42. The Bertz CT molecular complexity index is 598. The number of hydrogen-bond donors (Lipinski definition) is 1. The minimum absolute atomic E-state index is 0.0153. The van der Waals surface area contributed by atoms with E-state index in [9.17, 15) is 14.7 Å². The molecule has 0 bridgehead atoms. The number of carboxylic acid groups (broad SMARTS) is 1. The van der Waals surface area contributed by atoms with Crippen molar-refractivity contribution in [2.45, 2.75) is 32.1 Å². The molecule has 1 amide bonds. The molecule has 1 N–H and O–H groups in total. The maximum Gasteiger partial charge on any atom is 0.310 e. The Hall–Kier alpha value is -2.35. The summed E-state index contributed by atoms with van der Waals surface area (Å²) in [6.45, 7) is 0. The standard InChI is InChI=1S/C16H18N2O3/c1-18(13-7-3-2-6-12(13)11-17)14(19)10-16(15(20)21)8-4-5-9-16/h2-3,6-7H,4-5,8-10H2,1H3,(H,20,21). The highest BCUT2D eigenvalue weighted by Gasteiger charge is 2.43. The topological polar surface area (TPSA) is 81.4 Å². The lowest BCUT2D eigenvalue weighted by molar-refractivity contribution is -0.151. The van der Waals surface area contributed by atoms with Crippen molar-refractivity contribution < 1.29 is 14.7 Å². The summed E-state index contributed by atoms with van der Waals surface area (Å²) in [6, 6.07) is 8.87. The van der Waals surface area contributed by atoms with Gasteiger partial charge in [-0.1, -0.05) is 25.0 Å². The van der Waals surface area contributed by atoms with Gasteiger partial charge in [-0.3, -0.25) is 9.59 Å². The summed E-state index contributed by atoms with van der Waals surface area (Å²) in [5, 5.41) is 18.5. The van der Waals surface area contributed by atoms with Crippen molar-refractivity contribution in [2.75, 3.05) is 11.9 Å². The molecule has 110 valence electrons. The fourth-order valence-electron chi connectivity index (χ4n) is 2.92. The zero-order valence-electron chi connectivity index (χ0n) is 12.0. The van der Waals surface area contributed by atoms with E-state index in [0.29, 0.717) is 24.1 Å². The van der Waals surface area contributed by atoms with Gasteiger partial charge in [-0.15, -0.1) is 0 Å². The Labute approximate surface area is 123 Å². The van der Waals surface area contributed by atoms with E-state index in [1.807, 2.05) is 6.07 Å². The number of amides is 1. The Morgan fingerprint density at radius 2 is 1.95 bits per heavy atom. The quantitative estimate of drug-likeness (QED) is 0.922. The second-order valence-electron chi connectivity index (χ2n) is 5.55. The number of anilines is 1. The number of aliphatic carboxylic acids is 1. The molecule has 1 saturated carbocycles. The minimum Gasteiger partial charge on any atom is -0.481 e. The Kier molecular flexibility index (Phi) is 4.27. The van der Waals surface area contributed by atoms with Gasteiger partial charge >= 0.3 is 5.97 Å². The molecule has 1 aliphatic rings. The summed E-state index contributed by atoms with van der Waals surface area (Å²) < 4.78 is 0. The van der Waals surface area contributed by atoms with Crippen molar-refractivity contribution in [3.05, 3.63) is 29.8 Å². The van der Waals surface area contributed by atoms with Gasteiger partial charge in [0.05, 0.1) is 16.7 Å². The lowest BCUT2D eigenvalue weighted by Crippen LogP contribution is -2.37. The second kappa shape index (κ2) is 5.96. The maximum atomic E-state index is 12.4. The predicted octanol–water partition coefficient (Wildman–Crippen LogP) is 2.56. The molecule has 0 heterocycles. The number of carboxylic acids is 1. The van der Waals surface area contributed by atoms with Crippen LogP contribution in [-0.4, -0.2) is 24.0 Å². The lowest BCUT2D eigenvalue weighted by atomic mass is 9.82. The van der Waals surface area contributed by atoms with Crippen molar-refractivity contribution in [1.82, 2.24) is 0 Å². The van der Waals surface area contributed by atoms with Gasteiger partial charge in [-0.25, -0.2) is 0 Å². The fourth-order valence-corrected chi connectivity index (χ4v) is 2.92. The number of nitrogens with zero attached hydrogens (tertiary/aromatic N) is 2. The van der Waals surface area contributed by atoms with Crippen LogP contribution in [0.3, 0.4) is 0 Å². The van der Waals surface area contributed by atoms with Crippen LogP contribution in [0.1, 0.15) is 37.7 Å². The molecule has 5 nitrogen and oxygen atoms in total. The predicted molar refractivity (Wildman–Crippen MR) is 77.7 cm³/mol. The zero-order valence-corrected chi connectivity index (χ0v) is 12.0. The molecular weight excluding hydrogens is 268 g/mol. The number of benzene rings is 1. The number of carbonyl (C=O) groups excluding carboxylic acids is 1. The molecule has 0 aromatic heterocycles. The Balaban J connectivity index is 2.20. The molecule has 1 fully saturated rings. The molecule has 2 rings (SSSR count). The number of carbonyl (C=O) groups is 2. The van der Waals surface area contributed by atoms with Crippen molar-refractivity contribution in [1.29, 1.82) is 5.26 Å². The average Bonchev–Trinajstić information content (AvgIpc) is 2.96. The Morgan fingerprint density at radius 1 is 1.33 bits per heavy atom. The van der Waals surface area contributed by atoms with Gasteiger partial charge in [0.1, 0.15) is 6.07 Å². The van der Waals surface area contributed by atoms with E-state index < -0.39 is 11.4 Å². The second-order valence-corrected chi connectivity index (χ2v) is 5.55. The van der Waals surface area contributed by atoms with Crippen molar-refractivity contribution >= 4 is 17.6 Å². The van der Waals surface area contributed by atoms with Crippen LogP contribution in [-0.2, 0) is 9.59 Å². The number of rotatable bonds is 4. The molecule has 1 aromatic rings. The molecule has 5 heteroatoms. The normalized spacial score (nSPS) is 16.2. The smallest absolute Gasteiger partial charge is 0.310 e. The van der Waals surface area contributed by atoms with E-state index >= 15 is 0 Å². The number of hydrogen-bond acceptors (Lipinski definition) is 3. The van der Waals surface area contributed by atoms with Gasteiger partial charge in [0, 0.05) is 13.5 Å². The summed E-state index contributed by atoms with van der Waals surface area (Å²) in [4.78, 5) is 25.3. The first-order valence-corrected chi connectivity index (χ1v) is 6.99. The first-order valence-electron chi connectivity index (χ1n) is 6.99. The van der Waals surface area contributed by atoms with Gasteiger partial charge < -0.3 is 10.0 Å². The highest BCUT2D eigenvalue weighted by molar-refractivity contribution is 5.97. The van der Waals surface area contributed by atoms with Crippen LogP contribution in [0.4, 0.5) is 5.69 Å². The van der Waals surface area contributed by atoms with Gasteiger partial charge in [-0.05, 0) is 25.0 Å². The third-order valence-electron chi connectivity index (χ3n) is 4.26. The maximum absolute atomic E-state index is 12.4. The molecule has 0 radical (unpaired) electrons. The van der Waals surface area contributed by atoms with Crippen molar-refractivity contribution in [3.8, 4) is 6.07 Å². The van der Waals surface area contributed by atoms with Crippen LogP contribution in [0, 0.1) is 16.7 Å². The molecule has 0 spiro atoms. The van der Waals surface area contributed by atoms with Crippen LogP contribution in [0.2, 0.25) is 0 Å². The van der Waals surface area contributed by atoms with Gasteiger partial charge in [0.25, 0.3) is 0 Å². The summed E-state index contributed by atoms with van der Waals surface area (Å²) in [6.07, 6.45) is 2.76. The van der Waals surface area contributed by atoms with E-state index in [2.05, 4.69) is 0 Å². The van der Waals surface area contributed by atoms with Crippen LogP contribution >= 0.6 is 0 Å². The van der Waals surface area contributed by atoms with Gasteiger partial charge in [-0.2, -0.15) is 5.26 Å². The van der Waals surface area contributed by atoms with Crippen LogP contribution < -0.4 is 4.90 Å². The van der Waals surface area contributed by atoms with E-state index in [1.165, 1.54) is 4.90 Å². The van der Waals surface area contributed by atoms with E-state index in [4.69, 9.17) is 5.26 Å². The largest absolute Gasteiger partial charge is 0.481 e. The molecule has 0 saturated heterocycles. The van der Waals surface area contributed by atoms with Gasteiger partial charge in [0.2, 0.25) is 5.91 Å².